The van der Waals surface area contributed by atoms with Gasteiger partial charge in [-0.15, -0.1) is 0 Å². The van der Waals surface area contributed by atoms with E-state index in [9.17, 15) is 0 Å². The first-order valence-electron chi connectivity index (χ1n) is 3.95. The highest BCUT2D eigenvalue weighted by Crippen LogP contribution is 2.38. The first-order chi connectivity index (χ1) is 5.27. The molecule has 0 amide bonds. The van der Waals surface area contributed by atoms with Crippen LogP contribution in [-0.4, -0.2) is 11.0 Å². The van der Waals surface area contributed by atoms with Crippen LogP contribution in [0.1, 0.15) is 23.6 Å². The topological polar surface area (TPSA) is 38.9 Å². The third-order valence-electron chi connectivity index (χ3n) is 2.19. The van der Waals surface area contributed by atoms with Crippen LogP contribution in [0, 0.1) is 6.92 Å². The Bertz CT molecular complexity index is 270. The average molecular weight is 148 g/mol. The van der Waals surface area contributed by atoms with E-state index in [1.54, 1.807) is 0 Å². The van der Waals surface area contributed by atoms with Crippen molar-refractivity contribution in [1.29, 1.82) is 0 Å². The fourth-order valence-electron chi connectivity index (χ4n) is 1.40. The molecule has 1 heterocycles. The average Bonchev–Trinajstić information content (AvgIpc) is 2.67. The lowest BCUT2D eigenvalue weighted by Gasteiger charge is -1.97. The monoisotopic (exact) mass is 148 g/mol. The zero-order valence-corrected chi connectivity index (χ0v) is 6.62. The molecule has 1 aromatic heterocycles. The zero-order chi connectivity index (χ0) is 7.84. The Kier molecular flexibility index (Phi) is 1.43. The molecule has 58 valence electrons. The minimum absolute atomic E-state index is 0.400. The number of rotatable bonds is 1. The second-order valence-corrected chi connectivity index (χ2v) is 3.24. The number of nitrogens with zero attached hydrogens (tertiary/aromatic N) is 1. The highest BCUT2D eigenvalue weighted by atomic mass is 14.7. The second kappa shape index (κ2) is 2.31. The number of hydrogen-bond acceptors (Lipinski definition) is 2. The van der Waals surface area contributed by atoms with E-state index in [1.165, 1.54) is 5.56 Å². The third kappa shape index (κ3) is 1.26. The Morgan fingerprint density at radius 2 is 2.36 bits per heavy atom. The fraction of sp³-hybridized carbons (Fsp3) is 0.444. The molecule has 0 aromatic carbocycles. The maximum absolute atomic E-state index is 5.73. The van der Waals surface area contributed by atoms with Crippen molar-refractivity contribution in [2.75, 3.05) is 0 Å². The summed E-state index contributed by atoms with van der Waals surface area (Å²) in [4.78, 5) is 4.13. The van der Waals surface area contributed by atoms with Crippen molar-refractivity contribution in [3.05, 3.63) is 29.6 Å². The number of pyridine rings is 1. The summed E-state index contributed by atoms with van der Waals surface area (Å²) in [5.41, 5.74) is 8.16. The molecular formula is C9H12N2. The van der Waals surface area contributed by atoms with Crippen molar-refractivity contribution in [1.82, 2.24) is 4.98 Å². The van der Waals surface area contributed by atoms with Gasteiger partial charge in [0, 0.05) is 23.9 Å². The number of nitrogens with two attached hydrogens (primary N) is 1. The smallest absolute Gasteiger partial charge is 0.0375 e. The van der Waals surface area contributed by atoms with Crippen molar-refractivity contribution in [3.63, 3.8) is 0 Å². The number of aryl methyl sites for hydroxylation is 1. The Balaban J connectivity index is 2.25. The lowest BCUT2D eigenvalue weighted by Crippen LogP contribution is -2.01. The SMILES string of the molecule is Cc1cc(C2CC2N)ccn1. The minimum atomic E-state index is 0.400. The van der Waals surface area contributed by atoms with E-state index in [0.29, 0.717) is 12.0 Å². The lowest BCUT2D eigenvalue weighted by atomic mass is 10.1. The molecule has 2 heteroatoms. The molecule has 1 saturated carbocycles. The largest absolute Gasteiger partial charge is 0.327 e. The predicted molar refractivity (Wildman–Crippen MR) is 44.3 cm³/mol. The number of aromatic nitrogens is 1. The van der Waals surface area contributed by atoms with E-state index in [4.69, 9.17) is 5.73 Å². The van der Waals surface area contributed by atoms with Crippen LogP contribution in [0.4, 0.5) is 0 Å². The van der Waals surface area contributed by atoms with E-state index in [-0.39, 0.29) is 0 Å². The molecule has 2 unspecified atom stereocenters. The lowest BCUT2D eigenvalue weighted by molar-refractivity contribution is 0.980. The van der Waals surface area contributed by atoms with Crippen LogP contribution in [-0.2, 0) is 0 Å². The molecule has 0 aliphatic heterocycles. The minimum Gasteiger partial charge on any atom is -0.327 e. The van der Waals surface area contributed by atoms with Gasteiger partial charge in [0.05, 0.1) is 0 Å². The third-order valence-corrected chi connectivity index (χ3v) is 2.19. The van der Waals surface area contributed by atoms with Crippen molar-refractivity contribution in [3.8, 4) is 0 Å². The molecule has 2 rings (SSSR count). The molecule has 2 nitrogen and oxygen atoms in total. The maximum atomic E-state index is 5.73. The van der Waals surface area contributed by atoms with Crippen molar-refractivity contribution >= 4 is 0 Å². The van der Waals surface area contributed by atoms with Gasteiger partial charge in [-0.1, -0.05) is 0 Å². The van der Waals surface area contributed by atoms with Crippen LogP contribution in [0.2, 0.25) is 0 Å². The quantitative estimate of drug-likeness (QED) is 0.650. The molecule has 0 saturated heterocycles. The van der Waals surface area contributed by atoms with Crippen LogP contribution in [0.5, 0.6) is 0 Å². The molecule has 1 aliphatic carbocycles. The summed E-state index contributed by atoms with van der Waals surface area (Å²) in [6.45, 7) is 2.01. The Labute approximate surface area is 66.4 Å². The van der Waals surface area contributed by atoms with Crippen LogP contribution in [0.15, 0.2) is 18.3 Å². The first kappa shape index (κ1) is 6.80. The van der Waals surface area contributed by atoms with E-state index >= 15 is 0 Å². The summed E-state index contributed by atoms with van der Waals surface area (Å²) in [7, 11) is 0. The molecule has 2 atom stereocenters. The van der Waals surface area contributed by atoms with Crippen molar-refractivity contribution in [2.24, 2.45) is 5.73 Å². The summed E-state index contributed by atoms with van der Waals surface area (Å²) < 4.78 is 0. The van der Waals surface area contributed by atoms with Crippen LogP contribution < -0.4 is 5.73 Å². The van der Waals surface area contributed by atoms with Gasteiger partial charge in [0.2, 0.25) is 0 Å². The van der Waals surface area contributed by atoms with E-state index in [0.717, 1.165) is 12.1 Å². The standard InChI is InChI=1S/C9H12N2/c1-6-4-7(2-3-11-6)8-5-9(8)10/h2-4,8-9H,5,10H2,1H3. The van der Waals surface area contributed by atoms with Crippen LogP contribution >= 0.6 is 0 Å². The van der Waals surface area contributed by atoms with E-state index in [2.05, 4.69) is 17.1 Å². The molecule has 2 N–H and O–H groups in total. The molecular weight excluding hydrogens is 136 g/mol. The maximum Gasteiger partial charge on any atom is 0.0375 e. The fourth-order valence-corrected chi connectivity index (χ4v) is 1.40. The van der Waals surface area contributed by atoms with E-state index < -0.39 is 0 Å². The van der Waals surface area contributed by atoms with Gasteiger partial charge in [-0.25, -0.2) is 0 Å². The highest BCUT2D eigenvalue weighted by Gasteiger charge is 2.34. The summed E-state index contributed by atoms with van der Waals surface area (Å²) in [5, 5.41) is 0. The van der Waals surface area contributed by atoms with Gasteiger partial charge in [-0.2, -0.15) is 0 Å². The summed E-state index contributed by atoms with van der Waals surface area (Å²) in [6, 6.07) is 4.58. The van der Waals surface area contributed by atoms with Crippen LogP contribution in [0.3, 0.4) is 0 Å². The molecule has 1 aromatic rings. The van der Waals surface area contributed by atoms with Gasteiger partial charge >= 0.3 is 0 Å². The van der Waals surface area contributed by atoms with Gasteiger partial charge in [-0.3, -0.25) is 4.98 Å². The zero-order valence-electron chi connectivity index (χ0n) is 6.62. The normalized spacial score (nSPS) is 28.5. The number of hydrogen-bond donors (Lipinski definition) is 1. The van der Waals surface area contributed by atoms with Crippen LogP contribution in [0.25, 0.3) is 0 Å². The predicted octanol–water partition coefficient (Wildman–Crippen LogP) is 1.20. The Hall–Kier alpha value is -0.890. The van der Waals surface area contributed by atoms with Gasteiger partial charge in [-0.05, 0) is 31.0 Å². The Morgan fingerprint density at radius 1 is 1.64 bits per heavy atom. The summed E-state index contributed by atoms with van der Waals surface area (Å²) in [6.07, 6.45) is 3.00. The van der Waals surface area contributed by atoms with Gasteiger partial charge in [0.25, 0.3) is 0 Å². The molecule has 1 aliphatic rings. The van der Waals surface area contributed by atoms with Crippen molar-refractivity contribution < 1.29 is 0 Å². The van der Waals surface area contributed by atoms with E-state index in [1.807, 2.05) is 13.1 Å². The van der Waals surface area contributed by atoms with Gasteiger partial charge in [0.1, 0.15) is 0 Å². The van der Waals surface area contributed by atoms with Gasteiger partial charge < -0.3 is 5.73 Å². The summed E-state index contributed by atoms with van der Waals surface area (Å²) >= 11 is 0. The second-order valence-electron chi connectivity index (χ2n) is 3.24. The summed E-state index contributed by atoms with van der Waals surface area (Å²) in [5.74, 6) is 0.608. The molecule has 0 bridgehead atoms. The molecule has 0 radical (unpaired) electrons. The molecule has 0 spiro atoms. The molecule has 11 heavy (non-hydrogen) atoms. The Morgan fingerprint density at radius 3 is 2.91 bits per heavy atom. The first-order valence-corrected chi connectivity index (χ1v) is 3.95. The highest BCUT2D eigenvalue weighted by molar-refractivity contribution is 5.27. The van der Waals surface area contributed by atoms with Gasteiger partial charge in [0.15, 0.2) is 0 Å². The van der Waals surface area contributed by atoms with Crippen molar-refractivity contribution in [2.45, 2.75) is 25.3 Å². The molecule has 1 fully saturated rings.